The molecule has 0 bridgehead atoms. The Bertz CT molecular complexity index is 901. The quantitative estimate of drug-likeness (QED) is 0.533. The van der Waals surface area contributed by atoms with Crippen LogP contribution in [0, 0.1) is 5.92 Å². The molecule has 1 aliphatic carbocycles. The zero-order chi connectivity index (χ0) is 14.7. The van der Waals surface area contributed by atoms with Gasteiger partial charge in [0, 0.05) is 17.7 Å². The average molecular weight is 290 g/mol. The maximum Gasteiger partial charge on any atom is 0.186 e. The lowest BCUT2D eigenvalue weighted by Crippen LogP contribution is -2.11. The van der Waals surface area contributed by atoms with Crippen molar-refractivity contribution < 1.29 is 4.79 Å². The van der Waals surface area contributed by atoms with Gasteiger partial charge >= 0.3 is 0 Å². The molecule has 0 saturated heterocycles. The first-order chi connectivity index (χ1) is 10.8. The van der Waals surface area contributed by atoms with E-state index in [0.29, 0.717) is 12.2 Å². The fourth-order valence-electron chi connectivity index (χ4n) is 3.21. The molecule has 0 radical (unpaired) electrons. The third kappa shape index (κ3) is 1.56. The summed E-state index contributed by atoms with van der Waals surface area (Å²) >= 11 is 0. The fourth-order valence-corrected chi connectivity index (χ4v) is 3.21. The Morgan fingerprint density at radius 2 is 2.05 bits per heavy atom. The summed E-state index contributed by atoms with van der Waals surface area (Å²) in [6, 6.07) is 10.2. The Morgan fingerprint density at radius 3 is 2.91 bits per heavy atom. The lowest BCUT2D eigenvalue weighted by molar-refractivity contribution is 0.0962. The summed E-state index contributed by atoms with van der Waals surface area (Å²) in [5, 5.41) is 4.42. The van der Waals surface area contributed by atoms with E-state index in [0.717, 1.165) is 35.5 Å². The predicted molar refractivity (Wildman–Crippen MR) is 80.9 cm³/mol. The zero-order valence-electron chi connectivity index (χ0n) is 11.9. The molecule has 0 spiro atoms. The van der Waals surface area contributed by atoms with Crippen LogP contribution >= 0.6 is 0 Å². The van der Waals surface area contributed by atoms with Gasteiger partial charge in [0.15, 0.2) is 5.78 Å². The van der Waals surface area contributed by atoms with Crippen molar-refractivity contribution in [1.82, 2.24) is 19.3 Å². The lowest BCUT2D eigenvalue weighted by Gasteiger charge is -2.08. The molecule has 3 heterocycles. The van der Waals surface area contributed by atoms with Crippen LogP contribution in [-0.2, 0) is 6.54 Å². The number of nitrogens with zero attached hydrogens (tertiary/aromatic N) is 4. The van der Waals surface area contributed by atoms with Crippen LogP contribution in [0.5, 0.6) is 0 Å². The largest absolute Gasteiger partial charge is 0.300 e. The summed E-state index contributed by atoms with van der Waals surface area (Å²) in [5.74, 6) is 0.358. The normalized spacial score (nSPS) is 15.6. The number of hydrogen-bond donors (Lipinski definition) is 0. The van der Waals surface area contributed by atoms with E-state index in [1.54, 1.807) is 12.5 Å². The van der Waals surface area contributed by atoms with Crippen molar-refractivity contribution in [2.75, 3.05) is 0 Å². The first-order valence-electron chi connectivity index (χ1n) is 7.55. The monoisotopic (exact) mass is 290 g/mol. The van der Waals surface area contributed by atoms with Crippen molar-refractivity contribution >= 4 is 5.78 Å². The number of carbonyl (C=O) groups excluding carboxylic acids is 1. The highest BCUT2D eigenvalue weighted by Gasteiger charge is 2.35. The standard InChI is InChI=1S/C17H14N4O/c22-17(11-5-6-11)16-15-9-21-14(7-8-19-21)12-3-1-2-4-13(12)20(15)10-18-16/h1-4,7-8,10-11H,5-6,9H2. The Labute approximate surface area is 127 Å². The minimum absolute atomic E-state index is 0.176. The second kappa shape index (κ2) is 4.16. The van der Waals surface area contributed by atoms with Crippen molar-refractivity contribution in [3.8, 4) is 16.9 Å². The highest BCUT2D eigenvalue weighted by atomic mass is 16.1. The van der Waals surface area contributed by atoms with Crippen LogP contribution in [0.2, 0.25) is 0 Å². The molecular formula is C17H14N4O. The van der Waals surface area contributed by atoms with Gasteiger partial charge in [0.25, 0.3) is 0 Å². The van der Waals surface area contributed by atoms with Crippen LogP contribution in [0.15, 0.2) is 42.9 Å². The summed E-state index contributed by atoms with van der Waals surface area (Å²) < 4.78 is 3.99. The van der Waals surface area contributed by atoms with Gasteiger partial charge in [0.2, 0.25) is 0 Å². The van der Waals surface area contributed by atoms with Crippen LogP contribution < -0.4 is 0 Å². The minimum atomic E-state index is 0.176. The van der Waals surface area contributed by atoms with Crippen LogP contribution in [0.25, 0.3) is 16.9 Å². The van der Waals surface area contributed by atoms with Crippen LogP contribution in [0.4, 0.5) is 0 Å². The summed E-state index contributed by atoms with van der Waals surface area (Å²) in [7, 11) is 0. The molecule has 1 fully saturated rings. The number of aromatic nitrogens is 4. The number of hydrogen-bond acceptors (Lipinski definition) is 3. The summed E-state index contributed by atoms with van der Waals surface area (Å²) in [4.78, 5) is 16.9. The summed E-state index contributed by atoms with van der Waals surface area (Å²) in [6.45, 7) is 0.574. The van der Waals surface area contributed by atoms with E-state index in [4.69, 9.17) is 0 Å². The van der Waals surface area contributed by atoms with E-state index < -0.39 is 0 Å². The number of rotatable bonds is 2. The van der Waals surface area contributed by atoms with Crippen LogP contribution in [0.3, 0.4) is 0 Å². The van der Waals surface area contributed by atoms with Gasteiger partial charge in [-0.1, -0.05) is 18.2 Å². The van der Waals surface area contributed by atoms with Gasteiger partial charge in [-0.2, -0.15) is 5.10 Å². The third-order valence-corrected chi connectivity index (χ3v) is 4.50. The lowest BCUT2D eigenvalue weighted by atomic mass is 10.1. The molecule has 0 unspecified atom stereocenters. The molecule has 2 aromatic heterocycles. The van der Waals surface area contributed by atoms with Gasteiger partial charge in [-0.3, -0.25) is 14.0 Å². The predicted octanol–water partition coefficient (Wildman–Crippen LogP) is 2.69. The van der Waals surface area contributed by atoms with Crippen molar-refractivity contribution in [3.63, 3.8) is 0 Å². The minimum Gasteiger partial charge on any atom is -0.300 e. The molecule has 5 rings (SSSR count). The third-order valence-electron chi connectivity index (χ3n) is 4.50. The molecular weight excluding hydrogens is 276 g/mol. The fraction of sp³-hybridized carbons (Fsp3) is 0.235. The molecule has 2 aliphatic rings. The molecule has 1 saturated carbocycles. The molecule has 5 heteroatoms. The maximum absolute atomic E-state index is 12.5. The molecule has 22 heavy (non-hydrogen) atoms. The topological polar surface area (TPSA) is 52.7 Å². The molecule has 1 aromatic carbocycles. The smallest absolute Gasteiger partial charge is 0.186 e. The molecule has 5 nitrogen and oxygen atoms in total. The highest BCUT2D eigenvalue weighted by molar-refractivity contribution is 5.99. The molecule has 108 valence electrons. The molecule has 0 N–H and O–H groups in total. The van der Waals surface area contributed by atoms with E-state index in [2.05, 4.69) is 22.2 Å². The van der Waals surface area contributed by atoms with Crippen LogP contribution in [0.1, 0.15) is 29.0 Å². The van der Waals surface area contributed by atoms with Crippen molar-refractivity contribution in [2.45, 2.75) is 19.4 Å². The van der Waals surface area contributed by atoms with Gasteiger partial charge in [-0.05, 0) is 25.0 Å². The average Bonchev–Trinajstić information content (AvgIpc) is 3.20. The number of imidazole rings is 1. The summed E-state index contributed by atoms with van der Waals surface area (Å²) in [6.07, 6.45) is 5.57. The maximum atomic E-state index is 12.5. The number of benzene rings is 1. The molecule has 0 amide bonds. The van der Waals surface area contributed by atoms with E-state index >= 15 is 0 Å². The molecule has 3 aromatic rings. The van der Waals surface area contributed by atoms with Crippen molar-refractivity contribution in [1.29, 1.82) is 0 Å². The highest BCUT2D eigenvalue weighted by Crippen LogP contribution is 2.36. The number of carbonyl (C=O) groups is 1. The Balaban J connectivity index is 1.78. The van der Waals surface area contributed by atoms with Crippen molar-refractivity contribution in [3.05, 3.63) is 54.2 Å². The first kappa shape index (κ1) is 11.9. The molecule has 1 aliphatic heterocycles. The Hall–Kier alpha value is -2.69. The van der Waals surface area contributed by atoms with E-state index in [-0.39, 0.29) is 11.7 Å². The number of fused-ring (bicyclic) bond motifs is 5. The SMILES string of the molecule is O=C(c1ncn2c1Cn1nccc1-c1ccccc1-2)C1CC1. The van der Waals surface area contributed by atoms with E-state index in [9.17, 15) is 4.79 Å². The Morgan fingerprint density at radius 1 is 1.18 bits per heavy atom. The number of ketones is 1. The molecule has 0 atom stereocenters. The van der Waals surface area contributed by atoms with Gasteiger partial charge in [0.05, 0.1) is 23.6 Å². The number of Topliss-reactive ketones (excluding diaryl/α,β-unsaturated/α-hetero) is 1. The van der Waals surface area contributed by atoms with E-state index in [1.165, 1.54) is 0 Å². The summed E-state index contributed by atoms with van der Waals surface area (Å²) in [5.41, 5.74) is 4.79. The first-order valence-corrected chi connectivity index (χ1v) is 7.55. The van der Waals surface area contributed by atoms with Crippen molar-refractivity contribution in [2.24, 2.45) is 5.92 Å². The van der Waals surface area contributed by atoms with Gasteiger partial charge in [-0.25, -0.2) is 4.98 Å². The van der Waals surface area contributed by atoms with Crippen LogP contribution in [-0.4, -0.2) is 25.1 Å². The van der Waals surface area contributed by atoms with E-state index in [1.807, 2.05) is 27.4 Å². The zero-order valence-corrected chi connectivity index (χ0v) is 11.9. The second-order valence-electron chi connectivity index (χ2n) is 5.94. The van der Waals surface area contributed by atoms with Gasteiger partial charge in [0.1, 0.15) is 12.0 Å². The number of para-hydroxylation sites is 1. The second-order valence-corrected chi connectivity index (χ2v) is 5.94. The van der Waals surface area contributed by atoms with Gasteiger partial charge in [-0.15, -0.1) is 0 Å². The Kier molecular flexibility index (Phi) is 2.25. The van der Waals surface area contributed by atoms with Gasteiger partial charge < -0.3 is 0 Å².